The Labute approximate surface area is 201 Å². The largest absolute Gasteiger partial charge is 0.489 e. The molecule has 0 unspecified atom stereocenters. The Bertz CT molecular complexity index is 1410. The average Bonchev–Trinajstić information content (AvgIpc) is 3.30. The van der Waals surface area contributed by atoms with E-state index in [4.69, 9.17) is 4.74 Å². The topological polar surface area (TPSA) is 121 Å². The van der Waals surface area contributed by atoms with Crippen LogP contribution in [0.15, 0.2) is 84.6 Å². The van der Waals surface area contributed by atoms with Crippen LogP contribution in [0.3, 0.4) is 0 Å². The Morgan fingerprint density at radius 1 is 1.09 bits per heavy atom. The van der Waals surface area contributed by atoms with Crippen LogP contribution in [-0.4, -0.2) is 22.4 Å². The number of amides is 1. The fourth-order valence-electron chi connectivity index (χ4n) is 3.60. The molecular weight excluding hydrogens is 444 g/mol. The number of hydrogen-bond donors (Lipinski definition) is 2. The SMILES string of the molecule is N#C/C(=C/c1ccc(OCc2ccc([N+](=O)[O-])cc2)cc1)C(=O)NCCc1c[nH]c2ccccc12. The monoisotopic (exact) mass is 466 g/mol. The molecule has 1 aromatic heterocycles. The molecular formula is C27H22N4O4. The number of nitrogens with one attached hydrogen (secondary N) is 2. The number of rotatable bonds is 9. The van der Waals surface area contributed by atoms with Crippen molar-refractivity contribution in [3.8, 4) is 11.8 Å². The summed E-state index contributed by atoms with van der Waals surface area (Å²) in [5, 5.41) is 24.1. The van der Waals surface area contributed by atoms with E-state index in [1.165, 1.54) is 18.2 Å². The summed E-state index contributed by atoms with van der Waals surface area (Å²) in [5.74, 6) is 0.174. The summed E-state index contributed by atoms with van der Waals surface area (Å²) in [6.07, 6.45) is 4.11. The van der Waals surface area contributed by atoms with E-state index in [0.29, 0.717) is 24.3 Å². The minimum atomic E-state index is -0.448. The lowest BCUT2D eigenvalue weighted by Gasteiger charge is -2.07. The Morgan fingerprint density at radius 2 is 1.83 bits per heavy atom. The number of ether oxygens (including phenoxy) is 1. The summed E-state index contributed by atoms with van der Waals surface area (Å²) in [6.45, 7) is 0.671. The van der Waals surface area contributed by atoms with E-state index < -0.39 is 10.8 Å². The quantitative estimate of drug-likeness (QED) is 0.157. The Kier molecular flexibility index (Phi) is 7.19. The van der Waals surface area contributed by atoms with Crippen LogP contribution in [0.25, 0.3) is 17.0 Å². The second kappa shape index (κ2) is 10.8. The Balaban J connectivity index is 1.31. The molecule has 1 amide bonds. The minimum Gasteiger partial charge on any atom is -0.489 e. The van der Waals surface area contributed by atoms with Gasteiger partial charge in [-0.2, -0.15) is 5.26 Å². The number of nitro groups is 1. The van der Waals surface area contributed by atoms with E-state index in [-0.39, 0.29) is 17.9 Å². The molecule has 0 aliphatic rings. The van der Waals surface area contributed by atoms with Gasteiger partial charge in [0, 0.05) is 35.8 Å². The molecule has 0 aliphatic carbocycles. The third-order valence-corrected chi connectivity index (χ3v) is 5.46. The molecule has 4 rings (SSSR count). The highest BCUT2D eigenvalue weighted by Crippen LogP contribution is 2.19. The fourth-order valence-corrected chi connectivity index (χ4v) is 3.60. The number of aromatic amines is 1. The number of H-pyrrole nitrogens is 1. The highest BCUT2D eigenvalue weighted by atomic mass is 16.6. The number of hydrogen-bond acceptors (Lipinski definition) is 5. The smallest absolute Gasteiger partial charge is 0.269 e. The van der Waals surface area contributed by atoms with Gasteiger partial charge in [-0.3, -0.25) is 14.9 Å². The summed E-state index contributed by atoms with van der Waals surface area (Å²) >= 11 is 0. The summed E-state index contributed by atoms with van der Waals surface area (Å²) in [4.78, 5) is 26.0. The first-order valence-corrected chi connectivity index (χ1v) is 10.9. The predicted molar refractivity (Wildman–Crippen MR) is 132 cm³/mol. The lowest BCUT2D eigenvalue weighted by Crippen LogP contribution is -2.26. The van der Waals surface area contributed by atoms with Gasteiger partial charge in [-0.25, -0.2) is 0 Å². The third-order valence-electron chi connectivity index (χ3n) is 5.46. The van der Waals surface area contributed by atoms with Gasteiger partial charge in [0.1, 0.15) is 24.0 Å². The normalized spacial score (nSPS) is 11.1. The van der Waals surface area contributed by atoms with Gasteiger partial charge in [-0.15, -0.1) is 0 Å². The number of nitrogens with zero attached hydrogens (tertiary/aromatic N) is 2. The molecule has 35 heavy (non-hydrogen) atoms. The van der Waals surface area contributed by atoms with E-state index in [1.807, 2.05) is 36.5 Å². The van der Waals surface area contributed by atoms with Crippen molar-refractivity contribution in [1.29, 1.82) is 5.26 Å². The second-order valence-corrected chi connectivity index (χ2v) is 7.82. The molecule has 3 aromatic carbocycles. The van der Waals surface area contributed by atoms with Crippen LogP contribution in [0.2, 0.25) is 0 Å². The molecule has 0 radical (unpaired) electrons. The molecule has 0 bridgehead atoms. The lowest BCUT2D eigenvalue weighted by atomic mass is 10.1. The van der Waals surface area contributed by atoms with E-state index >= 15 is 0 Å². The van der Waals surface area contributed by atoms with Crippen LogP contribution in [0.4, 0.5) is 5.69 Å². The van der Waals surface area contributed by atoms with Gasteiger partial charge in [0.15, 0.2) is 0 Å². The molecule has 0 atom stereocenters. The molecule has 2 N–H and O–H groups in total. The van der Waals surface area contributed by atoms with E-state index in [2.05, 4.69) is 10.3 Å². The zero-order valence-corrected chi connectivity index (χ0v) is 18.7. The van der Waals surface area contributed by atoms with Crippen molar-refractivity contribution < 1.29 is 14.5 Å². The van der Waals surface area contributed by atoms with Crippen LogP contribution < -0.4 is 10.1 Å². The van der Waals surface area contributed by atoms with Crippen molar-refractivity contribution in [3.05, 3.63) is 111 Å². The van der Waals surface area contributed by atoms with Crippen LogP contribution >= 0.6 is 0 Å². The van der Waals surface area contributed by atoms with Gasteiger partial charge in [-0.05, 0) is 59.5 Å². The van der Waals surface area contributed by atoms with Gasteiger partial charge < -0.3 is 15.0 Å². The molecule has 0 fully saturated rings. The highest BCUT2D eigenvalue weighted by molar-refractivity contribution is 6.01. The molecule has 0 spiro atoms. The van der Waals surface area contributed by atoms with E-state index in [1.54, 1.807) is 36.4 Å². The summed E-state index contributed by atoms with van der Waals surface area (Å²) in [7, 11) is 0. The first-order chi connectivity index (χ1) is 17.0. The van der Waals surface area contributed by atoms with Crippen molar-refractivity contribution in [1.82, 2.24) is 10.3 Å². The van der Waals surface area contributed by atoms with Crippen LogP contribution in [0, 0.1) is 21.4 Å². The maximum atomic E-state index is 12.5. The zero-order valence-electron chi connectivity index (χ0n) is 18.7. The van der Waals surface area contributed by atoms with Crippen molar-refractivity contribution >= 4 is 28.6 Å². The standard InChI is InChI=1S/C27H22N4O4/c28-16-22(27(32)29-14-13-21-17-30-26-4-2-1-3-25(21)26)15-19-7-11-24(12-8-19)35-18-20-5-9-23(10-6-20)31(33)34/h1-12,15,17,30H,13-14,18H2,(H,29,32)/b22-15-. The second-order valence-electron chi connectivity index (χ2n) is 7.82. The number of carbonyl (C=O) groups is 1. The fraction of sp³-hybridized carbons (Fsp3) is 0.111. The summed E-state index contributed by atoms with van der Waals surface area (Å²) in [6, 6.07) is 23.1. The van der Waals surface area contributed by atoms with E-state index in [0.717, 1.165) is 22.0 Å². The van der Waals surface area contributed by atoms with Gasteiger partial charge in [0.05, 0.1) is 4.92 Å². The lowest BCUT2D eigenvalue weighted by molar-refractivity contribution is -0.384. The van der Waals surface area contributed by atoms with Crippen LogP contribution in [0.1, 0.15) is 16.7 Å². The molecule has 8 heteroatoms. The van der Waals surface area contributed by atoms with Gasteiger partial charge in [-0.1, -0.05) is 30.3 Å². The van der Waals surface area contributed by atoms with Crippen molar-refractivity contribution in [2.75, 3.05) is 6.54 Å². The van der Waals surface area contributed by atoms with Crippen LogP contribution in [0.5, 0.6) is 5.75 Å². The molecule has 174 valence electrons. The average molecular weight is 466 g/mol. The van der Waals surface area contributed by atoms with Crippen molar-refractivity contribution in [2.24, 2.45) is 0 Å². The molecule has 8 nitrogen and oxygen atoms in total. The first-order valence-electron chi connectivity index (χ1n) is 10.9. The highest BCUT2D eigenvalue weighted by Gasteiger charge is 2.10. The number of non-ortho nitro benzene ring substituents is 1. The number of para-hydroxylation sites is 1. The maximum Gasteiger partial charge on any atom is 0.269 e. The van der Waals surface area contributed by atoms with Crippen molar-refractivity contribution in [2.45, 2.75) is 13.0 Å². The Morgan fingerprint density at radius 3 is 2.54 bits per heavy atom. The molecule has 1 heterocycles. The van der Waals surface area contributed by atoms with Gasteiger partial charge >= 0.3 is 0 Å². The number of fused-ring (bicyclic) bond motifs is 1. The first kappa shape index (κ1) is 23.3. The zero-order chi connectivity index (χ0) is 24.6. The number of carbonyl (C=O) groups excluding carboxylic acids is 1. The molecule has 0 aliphatic heterocycles. The predicted octanol–water partition coefficient (Wildman–Crippen LogP) is 4.92. The van der Waals surface area contributed by atoms with E-state index in [9.17, 15) is 20.2 Å². The summed E-state index contributed by atoms with van der Waals surface area (Å²) in [5.41, 5.74) is 3.69. The van der Waals surface area contributed by atoms with Crippen LogP contribution in [-0.2, 0) is 17.8 Å². The van der Waals surface area contributed by atoms with Gasteiger partial charge in [0.25, 0.3) is 11.6 Å². The van der Waals surface area contributed by atoms with Gasteiger partial charge in [0.2, 0.25) is 0 Å². The molecule has 4 aromatic rings. The molecule has 0 saturated carbocycles. The Hall–Kier alpha value is -4.90. The minimum absolute atomic E-state index is 0.0171. The molecule has 0 saturated heterocycles. The third kappa shape index (κ3) is 5.92. The number of nitriles is 1. The number of benzene rings is 3. The number of aromatic nitrogens is 1. The summed E-state index contributed by atoms with van der Waals surface area (Å²) < 4.78 is 5.71. The maximum absolute atomic E-state index is 12.5. The number of nitro benzene ring substituents is 1. The van der Waals surface area contributed by atoms with Crippen molar-refractivity contribution in [3.63, 3.8) is 0 Å².